The molecule has 8 aromatic carbocycles. The van der Waals surface area contributed by atoms with E-state index in [1.54, 1.807) is 0 Å². The Bertz CT molecular complexity index is 2940. The van der Waals surface area contributed by atoms with Gasteiger partial charge in [-0.2, -0.15) is 0 Å². The standard InChI is InChI=1S/2C26H21O.C2H6Si.2ClH.Zr/c2*1-3-18-12-13-19-14-21(26-23-11-7-5-9-20(23)16-27-26)15-24(19)25(18)22-10-6-4-8-17(22)2;1-3-2;;;/h2*4-16H,3H2,1-2H3;1-2H3;2*1H;/q2*-1;;;;+2/p-2. The molecule has 0 bridgehead atoms. The van der Waals surface area contributed by atoms with Crippen molar-refractivity contribution in [3.8, 4) is 44.9 Å². The summed E-state index contributed by atoms with van der Waals surface area (Å²) in [5, 5.41) is 9.76. The van der Waals surface area contributed by atoms with E-state index < -0.39 is 18.0 Å². The summed E-state index contributed by atoms with van der Waals surface area (Å²) >= 11 is -1.65. The van der Waals surface area contributed by atoms with E-state index in [4.69, 9.17) is 25.9 Å². The van der Waals surface area contributed by atoms with Gasteiger partial charge in [-0.25, -0.2) is 0 Å². The number of hydrogen-bond donors (Lipinski definition) is 0. The average Bonchev–Trinajstić information content (AvgIpc) is 4.08. The Hall–Kier alpha value is -4.70. The van der Waals surface area contributed by atoms with Crippen molar-refractivity contribution in [2.24, 2.45) is 0 Å². The summed E-state index contributed by atoms with van der Waals surface area (Å²) in [5.74, 6) is 1.91. The molecule has 0 aliphatic rings. The monoisotopic (exact) mass is 916 g/mol. The summed E-state index contributed by atoms with van der Waals surface area (Å²) in [4.78, 5) is 0. The molecule has 0 aliphatic heterocycles. The van der Waals surface area contributed by atoms with Crippen molar-refractivity contribution in [1.29, 1.82) is 0 Å². The molecule has 10 aromatic rings. The Morgan fingerprint density at radius 1 is 0.517 bits per heavy atom. The zero-order valence-electron chi connectivity index (χ0n) is 35.0. The Morgan fingerprint density at radius 3 is 1.28 bits per heavy atom. The predicted octanol–water partition coefficient (Wildman–Crippen LogP) is 17.2. The van der Waals surface area contributed by atoms with Crippen LogP contribution in [-0.2, 0) is 30.8 Å². The van der Waals surface area contributed by atoms with Crippen LogP contribution in [0.1, 0.15) is 36.1 Å². The molecule has 10 rings (SSSR count). The van der Waals surface area contributed by atoms with Crippen molar-refractivity contribution in [3.05, 3.63) is 180 Å². The van der Waals surface area contributed by atoms with Crippen molar-refractivity contribution < 1.29 is 26.8 Å². The molecule has 0 unspecified atom stereocenters. The second-order valence-corrected chi connectivity index (χ2v) is 38.6. The molecule has 0 spiro atoms. The van der Waals surface area contributed by atoms with Crippen molar-refractivity contribution >= 4 is 65.5 Å². The first kappa shape index (κ1) is 42.0. The fourth-order valence-corrected chi connectivity index (χ4v) is 8.28. The van der Waals surface area contributed by atoms with Gasteiger partial charge in [0.05, 0.1) is 24.0 Å². The number of aryl methyl sites for hydroxylation is 4. The van der Waals surface area contributed by atoms with Gasteiger partial charge in [0, 0.05) is 10.8 Å². The molecule has 0 radical (unpaired) electrons. The predicted molar refractivity (Wildman–Crippen MR) is 258 cm³/mol. The van der Waals surface area contributed by atoms with E-state index >= 15 is 0 Å². The van der Waals surface area contributed by atoms with Gasteiger partial charge in [0.2, 0.25) is 0 Å². The molecule has 2 heterocycles. The average molecular weight is 919 g/mol. The fraction of sp³-hybridized carbons (Fsp3) is 0.148. The molecular formula is C54H48Cl2O2SiZr-2. The maximum absolute atomic E-state index is 5.96. The number of halogens is 2. The number of fused-ring (bicyclic) bond motifs is 4. The normalized spacial score (nSPS) is 11.1. The Kier molecular flexibility index (Phi) is 13.0. The van der Waals surface area contributed by atoms with Crippen LogP contribution in [0.2, 0.25) is 13.1 Å². The van der Waals surface area contributed by atoms with Gasteiger partial charge >= 0.3 is 53.5 Å². The first-order chi connectivity index (χ1) is 29.2. The minimum absolute atomic E-state index is 0.224. The number of furan rings is 2. The zero-order valence-corrected chi connectivity index (χ0v) is 40.0. The maximum atomic E-state index is 5.96. The molecule has 0 N–H and O–H groups in total. The summed E-state index contributed by atoms with van der Waals surface area (Å²) in [7, 11) is 11.2. The minimum atomic E-state index is -1.65. The van der Waals surface area contributed by atoms with Crippen LogP contribution in [0.25, 0.3) is 88.0 Å². The molecule has 2 nitrogen and oxygen atoms in total. The molecule has 300 valence electrons. The van der Waals surface area contributed by atoms with Crippen LogP contribution in [0.3, 0.4) is 0 Å². The van der Waals surface area contributed by atoms with Gasteiger partial charge in [0.1, 0.15) is 0 Å². The third-order valence-electron chi connectivity index (χ3n) is 11.5. The first-order valence-corrected chi connectivity index (χ1v) is 33.2. The van der Waals surface area contributed by atoms with Gasteiger partial charge in [0.15, 0.2) is 0 Å². The molecule has 0 fully saturated rings. The van der Waals surface area contributed by atoms with Gasteiger partial charge in [-0.15, -0.1) is 57.9 Å². The van der Waals surface area contributed by atoms with Crippen LogP contribution in [0.5, 0.6) is 0 Å². The van der Waals surface area contributed by atoms with Gasteiger partial charge in [-0.1, -0.05) is 145 Å². The van der Waals surface area contributed by atoms with Crippen LogP contribution in [0, 0.1) is 13.8 Å². The third kappa shape index (κ3) is 8.46. The summed E-state index contributed by atoms with van der Waals surface area (Å²) < 4.78 is 11.9. The number of rotatable bonds is 6. The summed E-state index contributed by atoms with van der Waals surface area (Å²) in [6.45, 7) is 13.2. The molecule has 0 atom stereocenters. The SMILES string of the molecule is CCc1ccc2[cH-]c(-c3occ4ccccc34)cc2c1-c1ccccc1C.CCc1ccc2[cH-]c(-c3occ4ccccc34)cc2c1-c1ccccc1C.C[Si](C)=[Zr]([Cl])[Cl]. The molecule has 6 heteroatoms. The van der Waals surface area contributed by atoms with E-state index in [9.17, 15) is 0 Å². The van der Waals surface area contributed by atoms with Crippen molar-refractivity contribution in [2.75, 3.05) is 0 Å². The second-order valence-electron chi connectivity index (χ2n) is 15.6. The molecule has 0 amide bonds. The molecule has 60 heavy (non-hydrogen) atoms. The van der Waals surface area contributed by atoms with E-state index in [1.165, 1.54) is 76.8 Å². The van der Waals surface area contributed by atoms with E-state index in [2.05, 4.69) is 174 Å². The van der Waals surface area contributed by atoms with E-state index in [0.29, 0.717) is 0 Å². The van der Waals surface area contributed by atoms with Crippen molar-refractivity contribution in [2.45, 2.75) is 53.6 Å². The number of benzene rings is 6. The number of hydrogen-bond acceptors (Lipinski definition) is 2. The van der Waals surface area contributed by atoms with Gasteiger partial charge < -0.3 is 8.83 Å². The van der Waals surface area contributed by atoms with Gasteiger partial charge in [-0.3, -0.25) is 0 Å². The van der Waals surface area contributed by atoms with Crippen LogP contribution < -0.4 is 0 Å². The molecular weight excluding hydrogens is 871 g/mol. The van der Waals surface area contributed by atoms with Gasteiger partial charge in [-0.05, 0) is 70.8 Å². The zero-order chi connectivity index (χ0) is 41.9. The Labute approximate surface area is 368 Å². The topological polar surface area (TPSA) is 26.3 Å². The third-order valence-corrected chi connectivity index (χ3v) is 31.2. The molecule has 0 saturated heterocycles. The second kappa shape index (κ2) is 18.5. The van der Waals surface area contributed by atoms with E-state index in [1.807, 2.05) is 24.7 Å². The summed E-state index contributed by atoms with van der Waals surface area (Å²) in [6, 6.07) is 52.1. The van der Waals surface area contributed by atoms with Crippen LogP contribution in [0.4, 0.5) is 0 Å². The van der Waals surface area contributed by atoms with E-state index in [-0.39, 0.29) is 5.43 Å². The van der Waals surface area contributed by atoms with Crippen LogP contribution in [0.15, 0.2) is 167 Å². The van der Waals surface area contributed by atoms with E-state index in [0.717, 1.165) is 46.3 Å². The summed E-state index contributed by atoms with van der Waals surface area (Å²) in [5.41, 5.74) is 12.8. The quantitative estimate of drug-likeness (QED) is 0.123. The van der Waals surface area contributed by atoms with Crippen molar-refractivity contribution in [3.63, 3.8) is 0 Å². The fourth-order valence-electron chi connectivity index (χ4n) is 8.28. The Morgan fingerprint density at radius 2 is 0.900 bits per heavy atom. The molecule has 0 aliphatic carbocycles. The molecule has 0 saturated carbocycles. The Balaban J connectivity index is 0.000000147. The van der Waals surface area contributed by atoms with Crippen molar-refractivity contribution in [1.82, 2.24) is 0 Å². The van der Waals surface area contributed by atoms with Crippen LogP contribution in [-0.4, -0.2) is 5.43 Å². The summed E-state index contributed by atoms with van der Waals surface area (Å²) in [6.07, 6.45) is 5.73. The van der Waals surface area contributed by atoms with Crippen LogP contribution >= 0.6 is 17.0 Å². The van der Waals surface area contributed by atoms with Gasteiger partial charge in [0.25, 0.3) is 0 Å². The first-order valence-electron chi connectivity index (χ1n) is 20.6. The molecule has 2 aromatic heterocycles.